The predicted octanol–water partition coefficient (Wildman–Crippen LogP) is 3.50. The van der Waals surface area contributed by atoms with E-state index < -0.39 is 4.92 Å². The second-order valence-corrected chi connectivity index (χ2v) is 6.71. The van der Waals surface area contributed by atoms with Crippen molar-refractivity contribution in [2.24, 2.45) is 0 Å². The number of amides is 1. The molecule has 0 radical (unpaired) electrons. The Labute approximate surface area is 167 Å². The van der Waals surface area contributed by atoms with Crippen molar-refractivity contribution in [2.75, 3.05) is 31.1 Å². The monoisotopic (exact) mass is 396 g/mol. The predicted molar refractivity (Wildman–Crippen MR) is 107 cm³/mol. The number of benzene rings is 2. The highest BCUT2D eigenvalue weighted by atomic mass is 35.5. The topological polar surface area (TPSA) is 90.5 Å². The molecule has 1 saturated heterocycles. The van der Waals surface area contributed by atoms with Crippen molar-refractivity contribution in [3.63, 3.8) is 0 Å². The molecule has 8 heteroatoms. The number of piperazine rings is 1. The lowest BCUT2D eigenvalue weighted by atomic mass is 10.1. The van der Waals surface area contributed by atoms with Crippen LogP contribution in [0.2, 0.25) is 5.02 Å². The highest BCUT2D eigenvalue weighted by Crippen LogP contribution is 2.21. The Morgan fingerprint density at radius 3 is 2.39 bits per heavy atom. The zero-order valence-electron chi connectivity index (χ0n) is 14.9. The fourth-order valence-electron chi connectivity index (χ4n) is 3.03. The highest BCUT2D eigenvalue weighted by molar-refractivity contribution is 6.30. The molecule has 0 unspecified atom stereocenters. The van der Waals surface area contributed by atoms with Gasteiger partial charge in [0.2, 0.25) is 0 Å². The lowest BCUT2D eigenvalue weighted by Gasteiger charge is -2.36. The van der Waals surface area contributed by atoms with Gasteiger partial charge in [0.15, 0.2) is 0 Å². The van der Waals surface area contributed by atoms with Gasteiger partial charge in [-0.25, -0.2) is 0 Å². The number of carbonyl (C=O) groups is 1. The van der Waals surface area contributed by atoms with Gasteiger partial charge in [-0.3, -0.25) is 14.9 Å². The summed E-state index contributed by atoms with van der Waals surface area (Å²) in [6.07, 6.45) is 1.54. The molecule has 0 bridgehead atoms. The Morgan fingerprint density at radius 2 is 1.82 bits per heavy atom. The maximum absolute atomic E-state index is 12.7. The Balaban J connectivity index is 1.65. The van der Waals surface area contributed by atoms with Crippen LogP contribution in [0, 0.1) is 21.4 Å². The first-order valence-electron chi connectivity index (χ1n) is 8.64. The SMILES string of the molecule is N#C/C(=C\c1cccc(Cl)c1)C(=O)N1CCN(c2ccc([N+](=O)[O-])cc2)CC1. The van der Waals surface area contributed by atoms with E-state index in [1.165, 1.54) is 18.2 Å². The fourth-order valence-corrected chi connectivity index (χ4v) is 3.23. The third-order valence-electron chi connectivity index (χ3n) is 4.50. The third-order valence-corrected chi connectivity index (χ3v) is 4.74. The van der Waals surface area contributed by atoms with Crippen LogP contribution in [0.5, 0.6) is 0 Å². The summed E-state index contributed by atoms with van der Waals surface area (Å²) in [6.45, 7) is 2.09. The average molecular weight is 397 g/mol. The number of nitriles is 1. The van der Waals surface area contributed by atoms with E-state index in [0.717, 1.165) is 5.69 Å². The van der Waals surface area contributed by atoms with Crippen LogP contribution in [0.4, 0.5) is 11.4 Å². The van der Waals surface area contributed by atoms with E-state index in [9.17, 15) is 20.2 Å². The molecule has 1 fully saturated rings. The van der Waals surface area contributed by atoms with Crippen molar-refractivity contribution < 1.29 is 9.72 Å². The summed E-state index contributed by atoms with van der Waals surface area (Å²) in [5.74, 6) is -0.314. The number of non-ortho nitro benzene ring substituents is 1. The molecular weight excluding hydrogens is 380 g/mol. The maximum atomic E-state index is 12.7. The number of anilines is 1. The summed E-state index contributed by atoms with van der Waals surface area (Å²) in [5, 5.41) is 20.7. The molecule has 3 rings (SSSR count). The number of hydrogen-bond donors (Lipinski definition) is 0. The lowest BCUT2D eigenvalue weighted by Crippen LogP contribution is -2.49. The lowest BCUT2D eigenvalue weighted by molar-refractivity contribution is -0.384. The van der Waals surface area contributed by atoms with Crippen LogP contribution in [-0.2, 0) is 4.79 Å². The number of carbonyl (C=O) groups excluding carboxylic acids is 1. The Bertz CT molecular complexity index is 958. The van der Waals surface area contributed by atoms with E-state index in [-0.39, 0.29) is 17.2 Å². The molecule has 0 aromatic heterocycles. The van der Waals surface area contributed by atoms with Crippen molar-refractivity contribution in [2.45, 2.75) is 0 Å². The number of nitro groups is 1. The number of nitrogens with zero attached hydrogens (tertiary/aromatic N) is 4. The maximum Gasteiger partial charge on any atom is 0.269 e. The van der Waals surface area contributed by atoms with Gasteiger partial charge in [-0.15, -0.1) is 0 Å². The average Bonchev–Trinajstić information content (AvgIpc) is 2.72. The minimum absolute atomic E-state index is 0.0439. The van der Waals surface area contributed by atoms with Gasteiger partial charge in [-0.2, -0.15) is 5.26 Å². The second-order valence-electron chi connectivity index (χ2n) is 6.28. The summed E-state index contributed by atoms with van der Waals surface area (Å²) in [7, 11) is 0. The molecule has 0 aliphatic carbocycles. The number of rotatable bonds is 4. The zero-order chi connectivity index (χ0) is 20.1. The molecule has 2 aromatic rings. The Kier molecular flexibility index (Phi) is 5.92. The van der Waals surface area contributed by atoms with E-state index in [0.29, 0.717) is 36.8 Å². The minimum atomic E-state index is -0.434. The fraction of sp³-hybridized carbons (Fsp3) is 0.200. The Hall–Kier alpha value is -3.37. The quantitative estimate of drug-likeness (QED) is 0.341. The Morgan fingerprint density at radius 1 is 1.14 bits per heavy atom. The summed E-state index contributed by atoms with van der Waals surface area (Å²) < 4.78 is 0. The molecule has 0 saturated carbocycles. The largest absolute Gasteiger partial charge is 0.368 e. The van der Waals surface area contributed by atoms with Crippen molar-refractivity contribution >= 4 is 35.0 Å². The first-order chi connectivity index (χ1) is 13.5. The van der Waals surface area contributed by atoms with Gasteiger partial charge in [0.05, 0.1) is 4.92 Å². The third kappa shape index (κ3) is 4.48. The zero-order valence-corrected chi connectivity index (χ0v) is 15.7. The van der Waals surface area contributed by atoms with Gasteiger partial charge < -0.3 is 9.80 Å². The summed E-state index contributed by atoms with van der Waals surface area (Å²) in [5.41, 5.74) is 1.67. The molecule has 1 aliphatic heterocycles. The van der Waals surface area contributed by atoms with Crippen LogP contribution < -0.4 is 4.90 Å². The van der Waals surface area contributed by atoms with Crippen molar-refractivity contribution in [3.8, 4) is 6.07 Å². The van der Waals surface area contributed by atoms with Crippen LogP contribution in [-0.4, -0.2) is 41.9 Å². The van der Waals surface area contributed by atoms with Crippen LogP contribution in [0.15, 0.2) is 54.1 Å². The van der Waals surface area contributed by atoms with Gasteiger partial charge in [0.1, 0.15) is 11.6 Å². The van der Waals surface area contributed by atoms with E-state index in [1.54, 1.807) is 41.3 Å². The van der Waals surface area contributed by atoms with Gasteiger partial charge in [0.25, 0.3) is 11.6 Å². The second kappa shape index (κ2) is 8.55. The van der Waals surface area contributed by atoms with E-state index in [1.807, 2.05) is 6.07 Å². The molecule has 1 aliphatic rings. The van der Waals surface area contributed by atoms with E-state index in [4.69, 9.17) is 11.6 Å². The molecule has 1 heterocycles. The molecule has 2 aromatic carbocycles. The standard InChI is InChI=1S/C20H17ClN4O3/c21-17-3-1-2-15(13-17)12-16(14-22)20(26)24-10-8-23(9-11-24)18-4-6-19(7-5-18)25(27)28/h1-7,12-13H,8-11H2/b16-12+. The molecule has 28 heavy (non-hydrogen) atoms. The first kappa shape index (κ1) is 19.4. The number of halogens is 1. The van der Waals surface area contributed by atoms with Crippen molar-refractivity contribution in [1.82, 2.24) is 4.90 Å². The summed E-state index contributed by atoms with van der Waals surface area (Å²) in [4.78, 5) is 26.7. The van der Waals surface area contributed by atoms with E-state index >= 15 is 0 Å². The van der Waals surface area contributed by atoms with Gasteiger partial charge in [-0.1, -0.05) is 23.7 Å². The molecule has 7 nitrogen and oxygen atoms in total. The normalized spacial score (nSPS) is 14.5. The minimum Gasteiger partial charge on any atom is -0.368 e. The van der Waals surface area contributed by atoms with Crippen LogP contribution >= 0.6 is 11.6 Å². The van der Waals surface area contributed by atoms with E-state index in [2.05, 4.69) is 4.90 Å². The van der Waals surface area contributed by atoms with Crippen LogP contribution in [0.25, 0.3) is 6.08 Å². The molecule has 0 atom stereocenters. The summed E-state index contributed by atoms with van der Waals surface area (Å²) >= 11 is 5.95. The first-order valence-corrected chi connectivity index (χ1v) is 9.02. The van der Waals surface area contributed by atoms with Crippen LogP contribution in [0.3, 0.4) is 0 Å². The van der Waals surface area contributed by atoms with Gasteiger partial charge >= 0.3 is 0 Å². The van der Waals surface area contributed by atoms with Gasteiger partial charge in [-0.05, 0) is 35.9 Å². The smallest absolute Gasteiger partial charge is 0.269 e. The number of nitro benzene ring substituents is 1. The number of hydrogen-bond acceptors (Lipinski definition) is 5. The molecular formula is C20H17ClN4O3. The molecule has 1 amide bonds. The highest BCUT2D eigenvalue weighted by Gasteiger charge is 2.24. The van der Waals surface area contributed by atoms with Crippen LogP contribution in [0.1, 0.15) is 5.56 Å². The molecule has 0 spiro atoms. The van der Waals surface area contributed by atoms with Crippen molar-refractivity contribution in [3.05, 3.63) is 74.8 Å². The summed E-state index contributed by atoms with van der Waals surface area (Å²) in [6, 6.07) is 15.3. The molecule has 0 N–H and O–H groups in total. The van der Waals surface area contributed by atoms with Crippen molar-refractivity contribution in [1.29, 1.82) is 5.26 Å². The van der Waals surface area contributed by atoms with Gasteiger partial charge in [0, 0.05) is 49.0 Å². The molecule has 142 valence electrons.